The number of hydrogen-bond acceptors (Lipinski definition) is 2. The molecule has 1 aromatic carbocycles. The molecule has 0 atom stereocenters. The van der Waals surface area contributed by atoms with Gasteiger partial charge in [0.15, 0.2) is 0 Å². The Hall–Kier alpha value is -1.90. The molecule has 0 aliphatic carbocycles. The normalized spacial score (nSPS) is 10.9. The van der Waals surface area contributed by atoms with Gasteiger partial charge >= 0.3 is 0 Å². The van der Waals surface area contributed by atoms with Crippen LogP contribution in [0.25, 0.3) is 0 Å². The molecule has 0 spiro atoms. The van der Waals surface area contributed by atoms with E-state index in [-0.39, 0.29) is 5.91 Å². The molecule has 0 saturated carbocycles. The van der Waals surface area contributed by atoms with Crippen molar-refractivity contribution in [3.05, 3.63) is 52.8 Å². The lowest BCUT2D eigenvalue weighted by Gasteiger charge is -2.05. The molecule has 3 heteroatoms. The van der Waals surface area contributed by atoms with Gasteiger partial charge in [0.25, 0.3) is 5.91 Å². The number of rotatable bonds is 7. The average molecular weight is 298 g/mol. The Morgan fingerprint density at radius 2 is 1.73 bits per heavy atom. The summed E-state index contributed by atoms with van der Waals surface area (Å²) in [5, 5.41) is 4.47. The number of unbranched alkanes of at least 4 members (excludes halogenated alkanes) is 4. The molecule has 2 rings (SSSR count). The number of carbonyl (C=O) groups excluding carboxylic acids is 1. The van der Waals surface area contributed by atoms with E-state index in [0.717, 1.165) is 17.8 Å². The highest BCUT2D eigenvalue weighted by atomic mass is 16.2. The molecule has 0 unspecified atom stereocenters. The van der Waals surface area contributed by atoms with Crippen molar-refractivity contribution in [1.82, 2.24) is 9.78 Å². The molecule has 0 bridgehead atoms. The Balaban J connectivity index is 2.08. The Labute approximate surface area is 133 Å². The van der Waals surface area contributed by atoms with E-state index in [9.17, 15) is 4.79 Å². The molecule has 3 nitrogen and oxygen atoms in total. The van der Waals surface area contributed by atoms with Crippen molar-refractivity contribution in [2.45, 2.75) is 59.3 Å². The molecule has 1 heterocycles. The Morgan fingerprint density at radius 3 is 2.41 bits per heavy atom. The zero-order valence-electron chi connectivity index (χ0n) is 13.9. The summed E-state index contributed by atoms with van der Waals surface area (Å²) in [6.45, 7) is 6.24. The van der Waals surface area contributed by atoms with E-state index in [1.165, 1.54) is 37.7 Å². The standard InChI is InChI=1S/C19H26N2O/c1-4-5-6-7-11-14-18-15(2)20-21(16(18)3)19(22)17-12-9-8-10-13-17/h8-10,12-13H,4-7,11,14H2,1-3H3. The van der Waals surface area contributed by atoms with E-state index in [1.807, 2.05) is 44.2 Å². The zero-order valence-corrected chi connectivity index (χ0v) is 13.9. The van der Waals surface area contributed by atoms with Crippen molar-refractivity contribution in [3.8, 4) is 0 Å². The Bertz CT molecular complexity index is 614. The number of aryl methyl sites for hydroxylation is 1. The van der Waals surface area contributed by atoms with Crippen LogP contribution >= 0.6 is 0 Å². The molecule has 0 aliphatic rings. The summed E-state index contributed by atoms with van der Waals surface area (Å²) in [4.78, 5) is 12.5. The fourth-order valence-electron chi connectivity index (χ4n) is 2.84. The van der Waals surface area contributed by atoms with Gasteiger partial charge in [-0.1, -0.05) is 50.8 Å². The van der Waals surface area contributed by atoms with E-state index in [4.69, 9.17) is 0 Å². The van der Waals surface area contributed by atoms with Gasteiger partial charge < -0.3 is 0 Å². The monoisotopic (exact) mass is 298 g/mol. The highest BCUT2D eigenvalue weighted by Crippen LogP contribution is 2.18. The first kappa shape index (κ1) is 16.5. The molecule has 0 N–H and O–H groups in total. The second-order valence-electron chi connectivity index (χ2n) is 5.90. The number of hydrogen-bond donors (Lipinski definition) is 0. The van der Waals surface area contributed by atoms with Crippen LogP contribution in [-0.2, 0) is 6.42 Å². The van der Waals surface area contributed by atoms with Crippen LogP contribution in [0.2, 0.25) is 0 Å². The largest absolute Gasteiger partial charge is 0.278 e. The smallest absolute Gasteiger partial charge is 0.267 e. The summed E-state index contributed by atoms with van der Waals surface area (Å²) in [7, 11) is 0. The maximum Gasteiger partial charge on any atom is 0.278 e. The van der Waals surface area contributed by atoms with Crippen LogP contribution in [0.15, 0.2) is 30.3 Å². The highest BCUT2D eigenvalue weighted by molar-refractivity contribution is 5.95. The summed E-state index contributed by atoms with van der Waals surface area (Å²) in [5.74, 6) is -0.0431. The van der Waals surface area contributed by atoms with E-state index in [1.54, 1.807) is 4.68 Å². The van der Waals surface area contributed by atoms with E-state index in [0.29, 0.717) is 5.56 Å². The van der Waals surface area contributed by atoms with Gasteiger partial charge in [0.05, 0.1) is 5.69 Å². The lowest BCUT2D eigenvalue weighted by Crippen LogP contribution is -2.15. The quantitative estimate of drug-likeness (QED) is 0.694. The van der Waals surface area contributed by atoms with Crippen molar-refractivity contribution in [3.63, 3.8) is 0 Å². The van der Waals surface area contributed by atoms with Gasteiger partial charge in [-0.2, -0.15) is 5.10 Å². The van der Waals surface area contributed by atoms with Crippen LogP contribution in [0.1, 0.15) is 66.3 Å². The first-order valence-electron chi connectivity index (χ1n) is 8.30. The van der Waals surface area contributed by atoms with Gasteiger partial charge in [-0.25, -0.2) is 4.68 Å². The number of carbonyl (C=O) groups is 1. The zero-order chi connectivity index (χ0) is 15.9. The van der Waals surface area contributed by atoms with Crippen molar-refractivity contribution in [2.75, 3.05) is 0 Å². The summed E-state index contributed by atoms with van der Waals surface area (Å²) < 4.78 is 1.56. The molecule has 1 aromatic heterocycles. The molecule has 22 heavy (non-hydrogen) atoms. The third-order valence-corrected chi connectivity index (χ3v) is 4.18. The molecule has 0 radical (unpaired) electrons. The van der Waals surface area contributed by atoms with Gasteiger partial charge in [0.2, 0.25) is 0 Å². The Morgan fingerprint density at radius 1 is 1.05 bits per heavy atom. The van der Waals surface area contributed by atoms with E-state index < -0.39 is 0 Å². The SMILES string of the molecule is CCCCCCCc1c(C)nn(C(=O)c2ccccc2)c1C. The summed E-state index contributed by atoms with van der Waals surface area (Å²) in [5.41, 5.74) is 3.89. The molecular formula is C19H26N2O. The van der Waals surface area contributed by atoms with Gasteiger partial charge in [-0.3, -0.25) is 4.79 Å². The predicted octanol–water partition coefficient (Wildman–Crippen LogP) is 4.70. The predicted molar refractivity (Wildman–Crippen MR) is 90.3 cm³/mol. The van der Waals surface area contributed by atoms with Crippen molar-refractivity contribution >= 4 is 5.91 Å². The van der Waals surface area contributed by atoms with Crippen molar-refractivity contribution < 1.29 is 4.79 Å². The first-order valence-corrected chi connectivity index (χ1v) is 8.30. The Kier molecular flexibility index (Phi) is 5.93. The van der Waals surface area contributed by atoms with Crippen molar-refractivity contribution in [2.24, 2.45) is 0 Å². The van der Waals surface area contributed by atoms with Gasteiger partial charge in [0, 0.05) is 11.3 Å². The topological polar surface area (TPSA) is 34.9 Å². The first-order chi connectivity index (χ1) is 10.6. The number of nitrogens with zero attached hydrogens (tertiary/aromatic N) is 2. The molecule has 0 amide bonds. The van der Waals surface area contributed by atoms with Crippen LogP contribution in [0.4, 0.5) is 0 Å². The average Bonchev–Trinajstić information content (AvgIpc) is 2.82. The number of aromatic nitrogens is 2. The molecule has 0 saturated heterocycles. The minimum atomic E-state index is -0.0431. The lowest BCUT2D eigenvalue weighted by atomic mass is 10.0. The van der Waals surface area contributed by atoms with Gasteiger partial charge in [-0.15, -0.1) is 0 Å². The minimum absolute atomic E-state index is 0.0431. The lowest BCUT2D eigenvalue weighted by molar-refractivity contribution is 0.0942. The maximum absolute atomic E-state index is 12.5. The highest BCUT2D eigenvalue weighted by Gasteiger charge is 2.17. The second-order valence-corrected chi connectivity index (χ2v) is 5.90. The summed E-state index contributed by atoms with van der Waals surface area (Å²) in [6, 6.07) is 9.35. The second kappa shape index (κ2) is 7.92. The van der Waals surface area contributed by atoms with Crippen LogP contribution in [0.5, 0.6) is 0 Å². The third-order valence-electron chi connectivity index (χ3n) is 4.18. The van der Waals surface area contributed by atoms with Crippen molar-refractivity contribution in [1.29, 1.82) is 0 Å². The summed E-state index contributed by atoms with van der Waals surface area (Å²) in [6.07, 6.45) is 7.32. The minimum Gasteiger partial charge on any atom is -0.267 e. The van der Waals surface area contributed by atoms with E-state index in [2.05, 4.69) is 12.0 Å². The molecule has 2 aromatic rings. The number of benzene rings is 1. The molecule has 0 fully saturated rings. The van der Waals surface area contributed by atoms with Crippen LogP contribution in [-0.4, -0.2) is 15.7 Å². The van der Waals surface area contributed by atoms with Gasteiger partial charge in [-0.05, 0) is 44.4 Å². The fraction of sp³-hybridized carbons (Fsp3) is 0.474. The third kappa shape index (κ3) is 3.85. The van der Waals surface area contributed by atoms with Gasteiger partial charge in [0.1, 0.15) is 0 Å². The van der Waals surface area contributed by atoms with Crippen LogP contribution < -0.4 is 0 Å². The molecular weight excluding hydrogens is 272 g/mol. The molecule has 118 valence electrons. The maximum atomic E-state index is 12.5. The van der Waals surface area contributed by atoms with Crippen LogP contribution in [0, 0.1) is 13.8 Å². The fourth-order valence-corrected chi connectivity index (χ4v) is 2.84. The van der Waals surface area contributed by atoms with E-state index >= 15 is 0 Å². The molecule has 0 aliphatic heterocycles. The van der Waals surface area contributed by atoms with Crippen LogP contribution in [0.3, 0.4) is 0 Å². The summed E-state index contributed by atoms with van der Waals surface area (Å²) >= 11 is 0.